The van der Waals surface area contributed by atoms with E-state index in [0.29, 0.717) is 6.61 Å². The molecule has 1 saturated carbocycles. The van der Waals surface area contributed by atoms with Crippen LogP contribution in [0.25, 0.3) is 5.57 Å². The zero-order chi connectivity index (χ0) is 18.7. The molecule has 0 radical (unpaired) electrons. The molecule has 0 spiro atoms. The second-order valence-corrected chi connectivity index (χ2v) is 6.13. The Balaban J connectivity index is 0.000000264. The summed E-state index contributed by atoms with van der Waals surface area (Å²) in [6.07, 6.45) is 15.5. The Hall–Kier alpha value is -1.84. The maximum atomic E-state index is 10.6. The van der Waals surface area contributed by atoms with E-state index in [4.69, 9.17) is 4.74 Å². The number of carbonyl (C=O) groups excluding carboxylic acids is 1. The van der Waals surface area contributed by atoms with Gasteiger partial charge in [0.05, 0.1) is 24.5 Å². The number of carbonyl (C=O) groups is 1. The number of hydrogen-bond donors (Lipinski definition) is 0. The number of hydrogen-bond acceptors (Lipinski definition) is 3. The molecule has 140 valence electrons. The molecular formula is C21H34N2O2. The molecule has 0 saturated heterocycles. The molecule has 3 rings (SSSR count). The van der Waals surface area contributed by atoms with Gasteiger partial charge in [-0.15, -0.1) is 0 Å². The van der Waals surface area contributed by atoms with E-state index >= 15 is 0 Å². The van der Waals surface area contributed by atoms with Gasteiger partial charge in [0.15, 0.2) is 0 Å². The number of rotatable bonds is 3. The molecule has 0 unspecified atom stereocenters. The Bertz CT molecular complexity index is 581. The highest BCUT2D eigenvalue weighted by Crippen LogP contribution is 2.29. The standard InChI is InChI=1S/C13H18N2.C6H10O2.C2H6/c1-11-13(14-10-15(11)2)12-8-6-4-3-5-7-9-12;1-2-8-6(7)5-3-4-5;1-2/h3-4,9-10H,5-8H2,1-2H3;5H,2-4H2,1H3;1-2H3/b4-3-,12-9+;;. The summed E-state index contributed by atoms with van der Waals surface area (Å²) in [7, 11) is 2.05. The normalized spacial score (nSPS) is 19.6. The summed E-state index contributed by atoms with van der Waals surface area (Å²) in [6.45, 7) is 8.49. The van der Waals surface area contributed by atoms with Crippen molar-refractivity contribution in [2.75, 3.05) is 6.61 Å². The number of ether oxygens (including phenoxy) is 1. The summed E-state index contributed by atoms with van der Waals surface area (Å²) < 4.78 is 6.81. The molecule has 0 atom stereocenters. The first-order valence-electron chi connectivity index (χ1n) is 9.62. The fourth-order valence-corrected chi connectivity index (χ4v) is 2.53. The first-order chi connectivity index (χ1) is 12.1. The minimum atomic E-state index is -0.00694. The monoisotopic (exact) mass is 346 g/mol. The predicted molar refractivity (Wildman–Crippen MR) is 104 cm³/mol. The van der Waals surface area contributed by atoms with Crippen molar-refractivity contribution in [2.24, 2.45) is 13.0 Å². The van der Waals surface area contributed by atoms with Crippen LogP contribution in [0.1, 0.15) is 70.7 Å². The van der Waals surface area contributed by atoms with Crippen LogP contribution in [0.2, 0.25) is 0 Å². The fourth-order valence-electron chi connectivity index (χ4n) is 2.53. The molecule has 25 heavy (non-hydrogen) atoms. The van der Waals surface area contributed by atoms with E-state index in [1.165, 1.54) is 17.0 Å². The highest BCUT2D eigenvalue weighted by atomic mass is 16.5. The van der Waals surface area contributed by atoms with Gasteiger partial charge in [0, 0.05) is 12.7 Å². The summed E-state index contributed by atoms with van der Waals surface area (Å²) in [5.74, 6) is 0.252. The van der Waals surface area contributed by atoms with Gasteiger partial charge in [-0.2, -0.15) is 0 Å². The molecular weight excluding hydrogens is 312 g/mol. The van der Waals surface area contributed by atoms with Crippen molar-refractivity contribution in [2.45, 2.75) is 66.2 Å². The first-order valence-corrected chi connectivity index (χ1v) is 9.62. The van der Waals surface area contributed by atoms with Crippen LogP contribution >= 0.6 is 0 Å². The topological polar surface area (TPSA) is 44.1 Å². The number of aromatic nitrogens is 2. The van der Waals surface area contributed by atoms with E-state index in [1.807, 2.05) is 27.1 Å². The average Bonchev–Trinajstić information content (AvgIpc) is 3.39. The van der Waals surface area contributed by atoms with Crippen molar-refractivity contribution < 1.29 is 9.53 Å². The van der Waals surface area contributed by atoms with Crippen LogP contribution in [-0.2, 0) is 16.6 Å². The molecule has 0 bridgehead atoms. The fraction of sp³-hybridized carbons (Fsp3) is 0.619. The van der Waals surface area contributed by atoms with Crippen molar-refractivity contribution >= 4 is 11.5 Å². The molecule has 4 heteroatoms. The van der Waals surface area contributed by atoms with Crippen LogP contribution in [0.5, 0.6) is 0 Å². The predicted octanol–water partition coefficient (Wildman–Crippen LogP) is 5.23. The molecule has 2 aliphatic carbocycles. The lowest BCUT2D eigenvalue weighted by atomic mass is 10.0. The van der Waals surface area contributed by atoms with E-state index < -0.39 is 0 Å². The molecule has 2 aliphatic rings. The lowest BCUT2D eigenvalue weighted by Crippen LogP contribution is -2.04. The van der Waals surface area contributed by atoms with E-state index in [1.54, 1.807) is 0 Å². The molecule has 0 aromatic carbocycles. The summed E-state index contributed by atoms with van der Waals surface area (Å²) >= 11 is 0. The van der Waals surface area contributed by atoms with Gasteiger partial charge in [-0.1, -0.05) is 32.1 Å². The zero-order valence-electron chi connectivity index (χ0n) is 16.5. The minimum absolute atomic E-state index is 0.00694. The van der Waals surface area contributed by atoms with Crippen molar-refractivity contribution in [1.29, 1.82) is 0 Å². The van der Waals surface area contributed by atoms with E-state index in [9.17, 15) is 4.79 Å². The third kappa shape index (κ3) is 7.29. The van der Waals surface area contributed by atoms with Gasteiger partial charge >= 0.3 is 5.97 Å². The molecule has 4 nitrogen and oxygen atoms in total. The number of aryl methyl sites for hydroxylation is 1. The molecule has 0 N–H and O–H groups in total. The molecule has 1 heterocycles. The largest absolute Gasteiger partial charge is 0.466 e. The van der Waals surface area contributed by atoms with Crippen LogP contribution in [0, 0.1) is 12.8 Å². The van der Waals surface area contributed by atoms with Crippen LogP contribution in [0.4, 0.5) is 0 Å². The molecule has 1 aromatic rings. The quantitative estimate of drug-likeness (QED) is 0.556. The molecule has 1 aromatic heterocycles. The maximum Gasteiger partial charge on any atom is 0.308 e. The van der Waals surface area contributed by atoms with Crippen molar-refractivity contribution in [3.8, 4) is 0 Å². The Labute approximate surface area is 153 Å². The van der Waals surface area contributed by atoms with E-state index in [-0.39, 0.29) is 11.9 Å². The van der Waals surface area contributed by atoms with Crippen LogP contribution in [0.15, 0.2) is 24.6 Å². The van der Waals surface area contributed by atoms with Gasteiger partial charge in [0.2, 0.25) is 0 Å². The summed E-state index contributed by atoms with van der Waals surface area (Å²) in [4.78, 5) is 15.1. The van der Waals surface area contributed by atoms with Crippen molar-refractivity contribution in [1.82, 2.24) is 9.55 Å². The first kappa shape index (κ1) is 21.2. The smallest absolute Gasteiger partial charge is 0.308 e. The SMILES string of the molecule is CC.CCOC(=O)C1CC1.Cc1c(/C2=C/CC/C=C\CC2)ncn1C. The van der Waals surface area contributed by atoms with Crippen molar-refractivity contribution in [3.05, 3.63) is 35.9 Å². The number of esters is 1. The van der Waals surface area contributed by atoms with Gasteiger partial charge < -0.3 is 9.30 Å². The van der Waals surface area contributed by atoms with Gasteiger partial charge in [-0.25, -0.2) is 4.98 Å². The lowest BCUT2D eigenvalue weighted by Gasteiger charge is -2.07. The van der Waals surface area contributed by atoms with Crippen LogP contribution in [-0.4, -0.2) is 22.1 Å². The third-order valence-corrected chi connectivity index (χ3v) is 4.20. The highest BCUT2D eigenvalue weighted by Gasteiger charge is 2.30. The minimum Gasteiger partial charge on any atom is -0.466 e. The Kier molecular flexibility index (Phi) is 9.90. The average molecular weight is 347 g/mol. The number of allylic oxidation sites excluding steroid dienone is 4. The molecule has 0 aliphatic heterocycles. The Morgan fingerprint density at radius 2 is 1.92 bits per heavy atom. The lowest BCUT2D eigenvalue weighted by molar-refractivity contribution is -0.144. The van der Waals surface area contributed by atoms with Crippen LogP contribution in [0.3, 0.4) is 0 Å². The Morgan fingerprint density at radius 1 is 1.24 bits per heavy atom. The van der Waals surface area contributed by atoms with Gasteiger partial charge in [-0.3, -0.25) is 4.79 Å². The second kappa shape index (κ2) is 11.7. The molecule has 1 fully saturated rings. The van der Waals surface area contributed by atoms with E-state index in [0.717, 1.165) is 38.5 Å². The summed E-state index contributed by atoms with van der Waals surface area (Å²) in [5.41, 5.74) is 3.87. The van der Waals surface area contributed by atoms with E-state index in [2.05, 4.69) is 41.8 Å². The van der Waals surface area contributed by atoms with Crippen molar-refractivity contribution in [3.63, 3.8) is 0 Å². The maximum absolute atomic E-state index is 10.6. The Morgan fingerprint density at radius 3 is 2.48 bits per heavy atom. The molecule has 0 amide bonds. The van der Waals surface area contributed by atoms with Gasteiger partial charge in [0.1, 0.15) is 0 Å². The summed E-state index contributed by atoms with van der Waals surface area (Å²) in [5, 5.41) is 0. The number of imidazole rings is 1. The second-order valence-electron chi connectivity index (χ2n) is 6.13. The zero-order valence-corrected chi connectivity index (χ0v) is 16.5. The third-order valence-electron chi connectivity index (χ3n) is 4.20. The van der Waals surface area contributed by atoms with Crippen LogP contribution < -0.4 is 0 Å². The van der Waals surface area contributed by atoms with Gasteiger partial charge in [-0.05, 0) is 57.9 Å². The van der Waals surface area contributed by atoms with Gasteiger partial charge in [0.25, 0.3) is 0 Å². The summed E-state index contributed by atoms with van der Waals surface area (Å²) in [6, 6.07) is 0. The number of nitrogens with zero attached hydrogens (tertiary/aromatic N) is 2. The highest BCUT2D eigenvalue weighted by molar-refractivity contribution is 5.74.